The molecule has 6 heteroatoms. The minimum Gasteiger partial charge on any atom is -0.433 e. The first-order chi connectivity index (χ1) is 10.0. The van der Waals surface area contributed by atoms with Crippen LogP contribution in [-0.4, -0.2) is 11.5 Å². The van der Waals surface area contributed by atoms with Crippen LogP contribution in [0.15, 0.2) is 24.3 Å². The number of halogens is 3. The first-order valence-corrected chi connectivity index (χ1v) is 6.55. The molecule has 1 aromatic carbocycles. The molecule has 0 radical (unpaired) electrons. The molecular weight excluding hydrogens is 281 g/mol. The summed E-state index contributed by atoms with van der Waals surface area (Å²) >= 11 is 0. The number of ether oxygens (including phenoxy) is 1. The Bertz CT molecular complexity index is 647. The third-order valence-corrected chi connectivity index (χ3v) is 2.73. The summed E-state index contributed by atoms with van der Waals surface area (Å²) in [6.07, 6.45) is 0.751. The molecule has 0 amide bonds. The summed E-state index contributed by atoms with van der Waals surface area (Å²) in [5.41, 5.74) is 0.748. The van der Waals surface area contributed by atoms with Crippen molar-refractivity contribution >= 4 is 5.82 Å². The normalized spacial score (nSPS) is 10.5. The molecule has 112 valence electrons. The van der Waals surface area contributed by atoms with Crippen LogP contribution in [0.5, 0.6) is 11.6 Å². The lowest BCUT2D eigenvalue weighted by molar-refractivity contribution is 0.395. The van der Waals surface area contributed by atoms with Gasteiger partial charge in [0, 0.05) is 12.6 Å². The molecule has 0 aliphatic heterocycles. The van der Waals surface area contributed by atoms with Crippen LogP contribution < -0.4 is 10.1 Å². The van der Waals surface area contributed by atoms with Gasteiger partial charge in [0.05, 0.1) is 0 Å². The zero-order valence-corrected chi connectivity index (χ0v) is 11.7. The van der Waals surface area contributed by atoms with E-state index in [0.29, 0.717) is 12.6 Å². The van der Waals surface area contributed by atoms with Gasteiger partial charge in [0.1, 0.15) is 0 Å². The van der Waals surface area contributed by atoms with E-state index in [-0.39, 0.29) is 11.6 Å². The van der Waals surface area contributed by atoms with Gasteiger partial charge in [-0.05, 0) is 31.0 Å². The van der Waals surface area contributed by atoms with Gasteiger partial charge in [0.15, 0.2) is 29.0 Å². The Morgan fingerprint density at radius 1 is 1.10 bits per heavy atom. The number of hydrogen-bond acceptors (Lipinski definition) is 3. The molecule has 1 heterocycles. The molecule has 2 rings (SSSR count). The lowest BCUT2D eigenvalue weighted by atomic mass is 10.2. The molecule has 2 aromatic rings. The zero-order valence-electron chi connectivity index (χ0n) is 11.7. The number of rotatable bonds is 5. The third kappa shape index (κ3) is 3.65. The number of hydrogen-bond donors (Lipinski definition) is 1. The number of anilines is 1. The Kier molecular flexibility index (Phi) is 4.67. The summed E-state index contributed by atoms with van der Waals surface area (Å²) in [5.74, 6) is -3.21. The summed E-state index contributed by atoms with van der Waals surface area (Å²) in [7, 11) is 0. The minimum atomic E-state index is -0.990. The van der Waals surface area contributed by atoms with Crippen molar-refractivity contribution in [2.24, 2.45) is 0 Å². The van der Waals surface area contributed by atoms with Crippen LogP contribution in [0, 0.1) is 24.4 Å². The van der Waals surface area contributed by atoms with Crippen molar-refractivity contribution in [2.45, 2.75) is 20.3 Å². The SMILES string of the molecule is CCCNc1nc(Oc2cc(C)ccc2F)c(F)cc1F. The number of pyridine rings is 1. The highest BCUT2D eigenvalue weighted by atomic mass is 19.1. The van der Waals surface area contributed by atoms with Gasteiger partial charge < -0.3 is 10.1 Å². The van der Waals surface area contributed by atoms with E-state index in [2.05, 4.69) is 10.3 Å². The molecule has 21 heavy (non-hydrogen) atoms. The van der Waals surface area contributed by atoms with Gasteiger partial charge in [0.25, 0.3) is 5.88 Å². The van der Waals surface area contributed by atoms with E-state index in [0.717, 1.165) is 12.0 Å². The number of benzene rings is 1. The van der Waals surface area contributed by atoms with Crippen LogP contribution >= 0.6 is 0 Å². The second-order valence-electron chi connectivity index (χ2n) is 4.57. The second-order valence-corrected chi connectivity index (χ2v) is 4.57. The van der Waals surface area contributed by atoms with Gasteiger partial charge in [-0.1, -0.05) is 13.0 Å². The van der Waals surface area contributed by atoms with E-state index >= 15 is 0 Å². The summed E-state index contributed by atoms with van der Waals surface area (Å²) in [5, 5.41) is 2.72. The number of nitrogens with zero attached hydrogens (tertiary/aromatic N) is 1. The fourth-order valence-corrected chi connectivity index (χ4v) is 1.68. The summed E-state index contributed by atoms with van der Waals surface area (Å²) in [6, 6.07) is 4.85. The van der Waals surface area contributed by atoms with Gasteiger partial charge in [-0.3, -0.25) is 0 Å². The number of nitrogens with one attached hydrogen (secondary N) is 1. The minimum absolute atomic E-state index is 0.124. The molecule has 1 N–H and O–H groups in total. The van der Waals surface area contributed by atoms with E-state index in [9.17, 15) is 13.2 Å². The van der Waals surface area contributed by atoms with Crippen molar-refractivity contribution in [3.8, 4) is 11.6 Å². The van der Waals surface area contributed by atoms with Crippen LogP contribution in [0.25, 0.3) is 0 Å². The van der Waals surface area contributed by atoms with Gasteiger partial charge in [-0.25, -0.2) is 13.2 Å². The molecule has 0 aliphatic carbocycles. The first-order valence-electron chi connectivity index (χ1n) is 6.55. The predicted octanol–water partition coefficient (Wildman–Crippen LogP) is 4.42. The standard InChI is InChI=1S/C15H15F3N2O/c1-3-6-19-14-11(17)8-12(18)15(20-14)21-13-7-9(2)4-5-10(13)16/h4-5,7-8H,3,6H2,1-2H3,(H,19,20). The maximum absolute atomic E-state index is 13.7. The molecule has 0 unspecified atom stereocenters. The Hall–Kier alpha value is -2.24. The average molecular weight is 296 g/mol. The fraction of sp³-hybridized carbons (Fsp3) is 0.267. The van der Waals surface area contributed by atoms with Crippen molar-refractivity contribution in [3.05, 3.63) is 47.3 Å². The first kappa shape index (κ1) is 15.2. The Balaban J connectivity index is 2.32. The predicted molar refractivity (Wildman–Crippen MR) is 74.1 cm³/mol. The van der Waals surface area contributed by atoms with Crippen LogP contribution in [0.4, 0.5) is 19.0 Å². The van der Waals surface area contributed by atoms with E-state index < -0.39 is 23.3 Å². The van der Waals surface area contributed by atoms with E-state index in [1.165, 1.54) is 12.1 Å². The van der Waals surface area contributed by atoms with Gasteiger partial charge >= 0.3 is 0 Å². The maximum Gasteiger partial charge on any atom is 0.258 e. The van der Waals surface area contributed by atoms with Crippen molar-refractivity contribution in [2.75, 3.05) is 11.9 Å². The molecule has 0 saturated carbocycles. The van der Waals surface area contributed by atoms with Crippen LogP contribution in [-0.2, 0) is 0 Å². The quantitative estimate of drug-likeness (QED) is 0.886. The lowest BCUT2D eigenvalue weighted by Crippen LogP contribution is -2.06. The molecule has 0 aliphatic rings. The summed E-state index contributed by atoms with van der Waals surface area (Å²) in [6.45, 7) is 4.12. The average Bonchev–Trinajstić information content (AvgIpc) is 2.44. The highest BCUT2D eigenvalue weighted by molar-refractivity contribution is 5.41. The van der Waals surface area contributed by atoms with Crippen LogP contribution in [0.3, 0.4) is 0 Å². The molecule has 0 saturated heterocycles. The monoisotopic (exact) mass is 296 g/mol. The van der Waals surface area contributed by atoms with Crippen molar-refractivity contribution in [3.63, 3.8) is 0 Å². The molecule has 0 atom stereocenters. The van der Waals surface area contributed by atoms with Gasteiger partial charge in [-0.15, -0.1) is 0 Å². The molecular formula is C15H15F3N2O. The van der Waals surface area contributed by atoms with E-state index in [1.54, 1.807) is 13.0 Å². The van der Waals surface area contributed by atoms with E-state index in [1.807, 2.05) is 6.92 Å². The van der Waals surface area contributed by atoms with Crippen molar-refractivity contribution in [1.29, 1.82) is 0 Å². The Morgan fingerprint density at radius 2 is 1.86 bits per heavy atom. The topological polar surface area (TPSA) is 34.2 Å². The third-order valence-electron chi connectivity index (χ3n) is 2.73. The van der Waals surface area contributed by atoms with Gasteiger partial charge in [0.2, 0.25) is 0 Å². The largest absolute Gasteiger partial charge is 0.433 e. The number of aromatic nitrogens is 1. The molecule has 1 aromatic heterocycles. The molecule has 0 fully saturated rings. The lowest BCUT2D eigenvalue weighted by Gasteiger charge is -2.11. The Labute approximate surface area is 120 Å². The summed E-state index contributed by atoms with van der Waals surface area (Å²) < 4.78 is 46.0. The Morgan fingerprint density at radius 3 is 2.57 bits per heavy atom. The highest BCUT2D eigenvalue weighted by Crippen LogP contribution is 2.28. The van der Waals surface area contributed by atoms with Crippen LogP contribution in [0.2, 0.25) is 0 Å². The van der Waals surface area contributed by atoms with E-state index in [4.69, 9.17) is 4.74 Å². The van der Waals surface area contributed by atoms with Crippen molar-refractivity contribution in [1.82, 2.24) is 4.98 Å². The fourth-order valence-electron chi connectivity index (χ4n) is 1.68. The zero-order chi connectivity index (χ0) is 15.4. The molecule has 0 bridgehead atoms. The molecule has 0 spiro atoms. The highest BCUT2D eigenvalue weighted by Gasteiger charge is 2.15. The van der Waals surface area contributed by atoms with Gasteiger partial charge in [-0.2, -0.15) is 4.98 Å². The summed E-state index contributed by atoms with van der Waals surface area (Å²) in [4.78, 5) is 3.73. The molecule has 3 nitrogen and oxygen atoms in total. The smallest absolute Gasteiger partial charge is 0.258 e. The maximum atomic E-state index is 13.7. The van der Waals surface area contributed by atoms with Crippen LogP contribution in [0.1, 0.15) is 18.9 Å². The number of aryl methyl sites for hydroxylation is 1. The second kappa shape index (κ2) is 6.47. The van der Waals surface area contributed by atoms with Crippen molar-refractivity contribution < 1.29 is 17.9 Å².